The summed E-state index contributed by atoms with van der Waals surface area (Å²) < 4.78 is 37.2. The van der Waals surface area contributed by atoms with Crippen LogP contribution in [0.15, 0.2) is 59.5 Å². The summed E-state index contributed by atoms with van der Waals surface area (Å²) in [5.74, 6) is 0.562. The van der Waals surface area contributed by atoms with E-state index in [4.69, 9.17) is 4.74 Å². The molecule has 0 fully saturated rings. The van der Waals surface area contributed by atoms with Crippen LogP contribution in [0.1, 0.15) is 6.92 Å². The number of aromatic hydroxyl groups is 1. The molecule has 0 unspecified atom stereocenters. The molecule has 3 aromatic carbocycles. The summed E-state index contributed by atoms with van der Waals surface area (Å²) in [7, 11) is -4.39. The van der Waals surface area contributed by atoms with Gasteiger partial charge in [-0.2, -0.15) is 8.42 Å². The van der Waals surface area contributed by atoms with Gasteiger partial charge in [0.15, 0.2) is 0 Å². The molecule has 3 aromatic rings. The van der Waals surface area contributed by atoms with Crippen molar-refractivity contribution in [2.75, 3.05) is 11.9 Å². The second-order valence-corrected chi connectivity index (χ2v) is 6.86. The number of nitrogens with one attached hydrogen (secondary N) is 1. The molecule has 0 amide bonds. The van der Waals surface area contributed by atoms with Crippen LogP contribution in [0.25, 0.3) is 10.8 Å². The minimum atomic E-state index is -4.39. The van der Waals surface area contributed by atoms with Crippen molar-refractivity contribution in [3.8, 4) is 11.5 Å². The van der Waals surface area contributed by atoms with Crippen molar-refractivity contribution in [2.24, 2.45) is 0 Å². The molecule has 0 aliphatic heterocycles. The van der Waals surface area contributed by atoms with Gasteiger partial charge in [-0.15, -0.1) is 0 Å². The Hall–Kier alpha value is -2.77. The zero-order valence-electron chi connectivity index (χ0n) is 13.4. The third-order valence-electron chi connectivity index (χ3n) is 3.66. The summed E-state index contributed by atoms with van der Waals surface area (Å²) in [4.78, 5) is -0.351. The smallest absolute Gasteiger partial charge is 0.294 e. The van der Waals surface area contributed by atoms with Crippen molar-refractivity contribution in [3.05, 3.63) is 54.6 Å². The molecule has 0 heterocycles. The maximum absolute atomic E-state index is 11.3. The number of hydrogen-bond acceptors (Lipinski definition) is 5. The molecule has 7 heteroatoms. The van der Waals surface area contributed by atoms with Crippen LogP contribution in [0.5, 0.6) is 11.5 Å². The Morgan fingerprint density at radius 1 is 1.00 bits per heavy atom. The maximum Gasteiger partial charge on any atom is 0.294 e. The van der Waals surface area contributed by atoms with Crippen LogP contribution in [0.2, 0.25) is 0 Å². The first kappa shape index (κ1) is 17.1. The quantitative estimate of drug-likeness (QED) is 0.597. The van der Waals surface area contributed by atoms with Gasteiger partial charge < -0.3 is 15.2 Å². The zero-order valence-corrected chi connectivity index (χ0v) is 14.2. The van der Waals surface area contributed by atoms with E-state index in [9.17, 15) is 18.1 Å². The Bertz CT molecular complexity index is 1010. The molecular weight excluding hydrogens is 342 g/mol. The van der Waals surface area contributed by atoms with Gasteiger partial charge in [-0.1, -0.05) is 0 Å². The summed E-state index contributed by atoms with van der Waals surface area (Å²) in [6.45, 7) is 2.51. The van der Waals surface area contributed by atoms with E-state index < -0.39 is 10.1 Å². The highest BCUT2D eigenvalue weighted by Crippen LogP contribution is 2.31. The predicted octanol–water partition coefficient (Wildman–Crippen LogP) is 3.93. The molecule has 0 aromatic heterocycles. The minimum Gasteiger partial charge on any atom is -0.507 e. The van der Waals surface area contributed by atoms with Crippen LogP contribution in [-0.4, -0.2) is 24.7 Å². The van der Waals surface area contributed by atoms with Gasteiger partial charge in [-0.25, -0.2) is 0 Å². The average Bonchev–Trinajstić information content (AvgIpc) is 2.56. The van der Waals surface area contributed by atoms with Gasteiger partial charge in [0.05, 0.1) is 11.5 Å². The lowest BCUT2D eigenvalue weighted by atomic mass is 10.1. The Labute approximate surface area is 145 Å². The first-order valence-electron chi connectivity index (χ1n) is 7.61. The van der Waals surface area contributed by atoms with Crippen molar-refractivity contribution in [1.29, 1.82) is 0 Å². The summed E-state index contributed by atoms with van der Waals surface area (Å²) in [6.07, 6.45) is 0. The SMILES string of the molecule is CCOc1ccc(Nc2ccc3c(O)cc(S(=O)(=O)O)cc3c2)cc1. The topological polar surface area (TPSA) is 95.9 Å². The van der Waals surface area contributed by atoms with E-state index in [0.29, 0.717) is 23.1 Å². The number of phenolic OH excluding ortho intramolecular Hbond substituents is 1. The predicted molar refractivity (Wildman–Crippen MR) is 96.3 cm³/mol. The van der Waals surface area contributed by atoms with Crippen LogP contribution in [0.3, 0.4) is 0 Å². The van der Waals surface area contributed by atoms with E-state index in [1.54, 1.807) is 18.2 Å². The van der Waals surface area contributed by atoms with Crippen LogP contribution >= 0.6 is 0 Å². The number of hydrogen-bond donors (Lipinski definition) is 3. The maximum atomic E-state index is 11.3. The highest BCUT2D eigenvalue weighted by molar-refractivity contribution is 7.85. The number of fused-ring (bicyclic) bond motifs is 1. The molecule has 0 saturated heterocycles. The Morgan fingerprint density at radius 3 is 2.32 bits per heavy atom. The Morgan fingerprint density at radius 2 is 1.68 bits per heavy atom. The number of rotatable bonds is 5. The van der Waals surface area contributed by atoms with Gasteiger partial charge in [-0.3, -0.25) is 4.55 Å². The van der Waals surface area contributed by atoms with Crippen LogP contribution in [0, 0.1) is 0 Å². The van der Waals surface area contributed by atoms with E-state index in [-0.39, 0.29) is 10.6 Å². The lowest BCUT2D eigenvalue weighted by molar-refractivity contribution is 0.340. The molecule has 3 N–H and O–H groups in total. The van der Waals surface area contributed by atoms with Crippen LogP contribution < -0.4 is 10.1 Å². The fraction of sp³-hybridized carbons (Fsp3) is 0.111. The molecular formula is C18H17NO5S. The molecule has 0 atom stereocenters. The third-order valence-corrected chi connectivity index (χ3v) is 4.49. The second kappa shape index (κ2) is 6.62. The Kier molecular flexibility index (Phi) is 4.52. The summed E-state index contributed by atoms with van der Waals surface area (Å²) in [5.41, 5.74) is 1.54. The molecule has 0 aliphatic carbocycles. The van der Waals surface area contributed by atoms with E-state index in [1.165, 1.54) is 6.07 Å². The standard InChI is InChI=1S/C18H17NO5S/c1-2-24-15-6-3-13(4-7-15)19-14-5-8-17-12(9-14)10-16(11-18(17)20)25(21,22)23/h3-11,19-20H,2H2,1H3,(H,21,22,23). The molecule has 0 radical (unpaired) electrons. The van der Waals surface area contributed by atoms with E-state index >= 15 is 0 Å². The van der Waals surface area contributed by atoms with E-state index in [0.717, 1.165) is 17.5 Å². The summed E-state index contributed by atoms with van der Waals surface area (Å²) >= 11 is 0. The molecule has 0 aliphatic rings. The van der Waals surface area contributed by atoms with Crippen molar-refractivity contribution in [1.82, 2.24) is 0 Å². The molecule has 0 spiro atoms. The molecule has 130 valence electrons. The van der Waals surface area contributed by atoms with Crippen molar-refractivity contribution >= 4 is 32.3 Å². The molecule has 25 heavy (non-hydrogen) atoms. The van der Waals surface area contributed by atoms with Gasteiger partial charge in [-0.05, 0) is 60.8 Å². The van der Waals surface area contributed by atoms with Gasteiger partial charge >= 0.3 is 0 Å². The number of benzene rings is 3. The highest BCUT2D eigenvalue weighted by Gasteiger charge is 2.13. The van der Waals surface area contributed by atoms with E-state index in [1.807, 2.05) is 31.2 Å². The number of phenols is 1. The van der Waals surface area contributed by atoms with Crippen molar-refractivity contribution < 1.29 is 22.8 Å². The summed E-state index contributed by atoms with van der Waals surface area (Å²) in [6, 6.07) is 14.9. The minimum absolute atomic E-state index is 0.210. The fourth-order valence-corrected chi connectivity index (χ4v) is 3.05. The van der Waals surface area contributed by atoms with Crippen molar-refractivity contribution in [3.63, 3.8) is 0 Å². The van der Waals surface area contributed by atoms with Crippen LogP contribution in [-0.2, 0) is 10.1 Å². The van der Waals surface area contributed by atoms with Gasteiger partial charge in [0.2, 0.25) is 0 Å². The van der Waals surface area contributed by atoms with Gasteiger partial charge in [0, 0.05) is 22.8 Å². The molecule has 0 saturated carbocycles. The second-order valence-electron chi connectivity index (χ2n) is 5.44. The summed E-state index contributed by atoms with van der Waals surface area (Å²) in [5, 5.41) is 14.1. The first-order chi connectivity index (χ1) is 11.9. The number of anilines is 2. The lowest BCUT2D eigenvalue weighted by Crippen LogP contribution is -1.98. The molecule has 0 bridgehead atoms. The normalized spacial score (nSPS) is 11.4. The Balaban J connectivity index is 1.94. The average molecular weight is 359 g/mol. The molecule has 6 nitrogen and oxygen atoms in total. The van der Waals surface area contributed by atoms with Crippen LogP contribution in [0.4, 0.5) is 11.4 Å². The van der Waals surface area contributed by atoms with Gasteiger partial charge in [0.25, 0.3) is 10.1 Å². The zero-order chi connectivity index (χ0) is 18.0. The molecule has 3 rings (SSSR count). The number of ether oxygens (including phenoxy) is 1. The highest BCUT2D eigenvalue weighted by atomic mass is 32.2. The van der Waals surface area contributed by atoms with Gasteiger partial charge in [0.1, 0.15) is 11.5 Å². The van der Waals surface area contributed by atoms with E-state index in [2.05, 4.69) is 5.32 Å². The third kappa shape index (κ3) is 3.84. The largest absolute Gasteiger partial charge is 0.507 e. The van der Waals surface area contributed by atoms with Crippen molar-refractivity contribution in [2.45, 2.75) is 11.8 Å². The fourth-order valence-electron chi connectivity index (χ4n) is 2.52. The lowest BCUT2D eigenvalue weighted by Gasteiger charge is -2.10. The first-order valence-corrected chi connectivity index (χ1v) is 9.05. The monoisotopic (exact) mass is 359 g/mol.